The van der Waals surface area contributed by atoms with Crippen LogP contribution in [0.25, 0.3) is 0 Å². The van der Waals surface area contributed by atoms with E-state index < -0.39 is 27.4 Å². The molecule has 0 bridgehead atoms. The molecule has 0 aliphatic carbocycles. The zero-order valence-corrected chi connectivity index (χ0v) is 22.2. The lowest BCUT2D eigenvalue weighted by Crippen LogP contribution is -2.52. The van der Waals surface area contributed by atoms with E-state index in [-0.39, 0.29) is 19.3 Å². The number of amides is 1. The van der Waals surface area contributed by atoms with Crippen LogP contribution in [0.3, 0.4) is 0 Å². The van der Waals surface area contributed by atoms with E-state index in [9.17, 15) is 9.90 Å². The second-order valence-electron chi connectivity index (χ2n) is 8.70. The summed E-state index contributed by atoms with van der Waals surface area (Å²) in [5, 5.41) is 12.2. The van der Waals surface area contributed by atoms with Gasteiger partial charge in [-0.15, -0.1) is 0 Å². The molecule has 5 nitrogen and oxygen atoms in total. The second-order valence-corrected chi connectivity index (χ2v) is 11.0. The van der Waals surface area contributed by atoms with Crippen LogP contribution in [0.15, 0.2) is 103 Å². The zero-order valence-electron chi connectivity index (χ0n) is 20.0. The van der Waals surface area contributed by atoms with Gasteiger partial charge in [-0.2, -0.15) is 0 Å². The Morgan fingerprint density at radius 3 is 1.76 bits per heavy atom. The number of carbonyl (C=O) groups is 1. The summed E-state index contributed by atoms with van der Waals surface area (Å²) in [6.45, 7) is 0.0471. The van der Waals surface area contributed by atoms with Crippen molar-refractivity contribution in [1.82, 2.24) is 5.32 Å². The first-order valence-electron chi connectivity index (χ1n) is 12.0. The van der Waals surface area contributed by atoms with Crippen LogP contribution in [-0.4, -0.2) is 46.3 Å². The Morgan fingerprint density at radius 2 is 1.32 bits per heavy atom. The fourth-order valence-electron chi connectivity index (χ4n) is 4.51. The molecule has 37 heavy (non-hydrogen) atoms. The second kappa shape index (κ2) is 12.4. The Bertz CT molecular complexity index is 1070. The number of halogens is 3. The average molecular weight is 561 g/mol. The molecule has 0 saturated heterocycles. The molecule has 2 N–H and O–H groups in total. The maximum absolute atomic E-state index is 12.5. The number of ether oxygens (including phenoxy) is 2. The molecule has 0 fully saturated rings. The fraction of sp³-hybridized carbons (Fsp3) is 0.276. The van der Waals surface area contributed by atoms with Crippen LogP contribution in [0.5, 0.6) is 0 Å². The summed E-state index contributed by atoms with van der Waals surface area (Å²) in [7, 11) is 0. The lowest BCUT2D eigenvalue weighted by molar-refractivity contribution is -0.125. The van der Waals surface area contributed by atoms with E-state index in [2.05, 4.69) is 5.32 Å². The number of alkyl halides is 3. The predicted molar refractivity (Wildman–Crippen MR) is 147 cm³/mol. The third-order valence-corrected chi connectivity index (χ3v) is 6.77. The molecule has 3 aromatic rings. The monoisotopic (exact) mass is 559 g/mol. The van der Waals surface area contributed by atoms with Gasteiger partial charge in [0.1, 0.15) is 11.7 Å². The maximum atomic E-state index is 12.5. The van der Waals surface area contributed by atoms with Crippen LogP contribution in [0.2, 0.25) is 0 Å². The molecule has 0 saturated carbocycles. The Labute approximate surface area is 232 Å². The van der Waals surface area contributed by atoms with E-state index in [0.717, 1.165) is 16.7 Å². The van der Waals surface area contributed by atoms with Crippen LogP contribution in [-0.2, 0) is 19.9 Å². The summed E-state index contributed by atoms with van der Waals surface area (Å²) in [5.74, 6) is -0.762. The van der Waals surface area contributed by atoms with Crippen molar-refractivity contribution in [3.8, 4) is 0 Å². The fourth-order valence-corrected chi connectivity index (χ4v) is 4.67. The summed E-state index contributed by atoms with van der Waals surface area (Å²) in [4.78, 5) is 12.5. The standard InChI is InChI=1S/C29H28Cl3NO4/c30-29(31,32)27(35)33-25-17-16-24(18-19-34)37-26(25)20-36-28(21-10-4-1-5-11-21,22-12-6-2-7-13-22)23-14-8-3-9-15-23/h1-17,24-26,34H,18-20H2,(H,33,35)/t24-,25-,26+/m0/s1. The summed E-state index contributed by atoms with van der Waals surface area (Å²) in [6, 6.07) is 29.3. The minimum Gasteiger partial charge on any atom is -0.396 e. The lowest BCUT2D eigenvalue weighted by atomic mass is 9.80. The van der Waals surface area contributed by atoms with Gasteiger partial charge in [-0.25, -0.2) is 0 Å². The molecule has 3 aromatic carbocycles. The number of rotatable bonds is 9. The van der Waals surface area contributed by atoms with Gasteiger partial charge < -0.3 is 19.9 Å². The number of aliphatic hydroxyl groups excluding tert-OH is 1. The van der Waals surface area contributed by atoms with Crippen molar-refractivity contribution in [3.63, 3.8) is 0 Å². The molecule has 1 heterocycles. The summed E-state index contributed by atoms with van der Waals surface area (Å²) >= 11 is 17.4. The molecule has 1 aliphatic rings. The van der Waals surface area contributed by atoms with Crippen molar-refractivity contribution in [1.29, 1.82) is 0 Å². The molecular weight excluding hydrogens is 533 g/mol. The van der Waals surface area contributed by atoms with Crippen LogP contribution in [0, 0.1) is 0 Å². The van der Waals surface area contributed by atoms with E-state index in [4.69, 9.17) is 44.3 Å². The number of hydrogen-bond donors (Lipinski definition) is 2. The third-order valence-electron chi connectivity index (χ3n) is 6.26. The molecule has 0 radical (unpaired) electrons. The van der Waals surface area contributed by atoms with Gasteiger partial charge in [-0.05, 0) is 16.7 Å². The third kappa shape index (κ3) is 6.55. The van der Waals surface area contributed by atoms with Gasteiger partial charge in [0.15, 0.2) is 0 Å². The largest absolute Gasteiger partial charge is 0.396 e. The smallest absolute Gasteiger partial charge is 0.272 e. The van der Waals surface area contributed by atoms with Crippen molar-refractivity contribution in [2.24, 2.45) is 0 Å². The normalized spacial score (nSPS) is 19.9. The SMILES string of the molecule is O=C(N[C@H]1C=C[C@@H](CCO)O[C@@H]1COC(c1ccccc1)(c1ccccc1)c1ccccc1)C(Cl)(Cl)Cl. The molecule has 0 aromatic heterocycles. The molecule has 8 heteroatoms. The highest BCUT2D eigenvalue weighted by atomic mass is 35.6. The Hall–Kier alpha value is -2.38. The molecule has 194 valence electrons. The van der Waals surface area contributed by atoms with Gasteiger partial charge in [0.2, 0.25) is 0 Å². The molecule has 3 atom stereocenters. The topological polar surface area (TPSA) is 67.8 Å². The zero-order chi connectivity index (χ0) is 26.3. The van der Waals surface area contributed by atoms with E-state index in [1.54, 1.807) is 12.2 Å². The molecule has 1 amide bonds. The van der Waals surface area contributed by atoms with Crippen molar-refractivity contribution in [3.05, 3.63) is 120 Å². The van der Waals surface area contributed by atoms with E-state index in [0.29, 0.717) is 6.42 Å². The first-order chi connectivity index (χ1) is 17.8. The molecule has 1 aliphatic heterocycles. The van der Waals surface area contributed by atoms with E-state index in [1.165, 1.54) is 0 Å². The Morgan fingerprint density at radius 1 is 0.838 bits per heavy atom. The van der Waals surface area contributed by atoms with Crippen LogP contribution in [0.4, 0.5) is 0 Å². The number of nitrogens with one attached hydrogen (secondary N) is 1. The predicted octanol–water partition coefficient (Wildman–Crippen LogP) is 5.56. The van der Waals surface area contributed by atoms with Crippen molar-refractivity contribution in [2.75, 3.05) is 13.2 Å². The number of aliphatic hydroxyl groups is 1. The number of benzene rings is 3. The highest BCUT2D eigenvalue weighted by molar-refractivity contribution is 6.76. The van der Waals surface area contributed by atoms with Gasteiger partial charge in [0.25, 0.3) is 9.70 Å². The van der Waals surface area contributed by atoms with Crippen molar-refractivity contribution >= 4 is 40.7 Å². The Balaban J connectivity index is 1.74. The van der Waals surface area contributed by atoms with E-state index in [1.807, 2.05) is 91.0 Å². The summed E-state index contributed by atoms with van der Waals surface area (Å²) in [5.41, 5.74) is 1.84. The first kappa shape index (κ1) is 27.6. The van der Waals surface area contributed by atoms with Gasteiger partial charge in [0, 0.05) is 13.0 Å². The van der Waals surface area contributed by atoms with Crippen molar-refractivity contribution in [2.45, 2.75) is 34.1 Å². The number of hydrogen-bond acceptors (Lipinski definition) is 4. The quantitative estimate of drug-likeness (QED) is 0.204. The number of carbonyl (C=O) groups excluding carboxylic acids is 1. The van der Waals surface area contributed by atoms with Crippen LogP contribution in [0.1, 0.15) is 23.1 Å². The van der Waals surface area contributed by atoms with Gasteiger partial charge >= 0.3 is 0 Å². The summed E-state index contributed by atoms with van der Waals surface area (Å²) < 4.78 is 11.0. The minimum atomic E-state index is -2.12. The highest BCUT2D eigenvalue weighted by Gasteiger charge is 2.41. The van der Waals surface area contributed by atoms with Gasteiger partial charge in [-0.3, -0.25) is 4.79 Å². The van der Waals surface area contributed by atoms with Crippen LogP contribution < -0.4 is 5.32 Å². The summed E-state index contributed by atoms with van der Waals surface area (Å²) in [6.07, 6.45) is 3.02. The van der Waals surface area contributed by atoms with Gasteiger partial charge in [0.05, 0.1) is 18.8 Å². The minimum absolute atomic E-state index is 0.0459. The first-order valence-corrected chi connectivity index (χ1v) is 13.1. The molecule has 4 rings (SSSR count). The van der Waals surface area contributed by atoms with Crippen molar-refractivity contribution < 1.29 is 19.4 Å². The average Bonchev–Trinajstić information content (AvgIpc) is 2.92. The highest BCUT2D eigenvalue weighted by Crippen LogP contribution is 2.41. The van der Waals surface area contributed by atoms with E-state index >= 15 is 0 Å². The maximum Gasteiger partial charge on any atom is 0.272 e. The lowest BCUT2D eigenvalue weighted by Gasteiger charge is -2.39. The van der Waals surface area contributed by atoms with Crippen LogP contribution >= 0.6 is 34.8 Å². The Kier molecular flexibility index (Phi) is 9.30. The van der Waals surface area contributed by atoms with Gasteiger partial charge in [-0.1, -0.05) is 138 Å². The molecule has 0 unspecified atom stereocenters. The molecule has 0 spiro atoms. The molecular formula is C29H28Cl3NO4.